The third kappa shape index (κ3) is 5.05. The number of benzene rings is 1. The largest absolute Gasteiger partial charge is 0.350 e. The number of amides is 1. The molecule has 2 saturated carbocycles. The van der Waals surface area contributed by atoms with E-state index in [2.05, 4.69) is 34.3 Å². The minimum atomic E-state index is -0.917. The Morgan fingerprint density at radius 3 is 2.64 bits per heavy atom. The molecule has 6 rings (SSSR count). The lowest BCUT2D eigenvalue weighted by atomic mass is 9.65. The highest BCUT2D eigenvalue weighted by molar-refractivity contribution is 6.11. The molecule has 1 aliphatic heterocycles. The molecule has 1 amide bonds. The van der Waals surface area contributed by atoms with E-state index in [-0.39, 0.29) is 17.1 Å². The van der Waals surface area contributed by atoms with Gasteiger partial charge in [0.25, 0.3) is 5.91 Å². The first kappa shape index (κ1) is 25.3. The molecule has 2 unspecified atom stereocenters. The zero-order valence-corrected chi connectivity index (χ0v) is 21.8. The van der Waals surface area contributed by atoms with Crippen LogP contribution >= 0.6 is 0 Å². The van der Waals surface area contributed by atoms with Gasteiger partial charge in [0.05, 0.1) is 11.6 Å². The molecule has 200 valence electrons. The smallest absolute Gasteiger partial charge is 0.269 e. The van der Waals surface area contributed by atoms with Gasteiger partial charge in [-0.3, -0.25) is 19.7 Å². The van der Waals surface area contributed by atoms with E-state index in [1.807, 2.05) is 12.2 Å². The van der Waals surface area contributed by atoms with Crippen molar-refractivity contribution < 1.29 is 18.4 Å². The molecule has 2 aliphatic carbocycles. The zero-order valence-electron chi connectivity index (χ0n) is 21.8. The van der Waals surface area contributed by atoms with Gasteiger partial charge in [-0.05, 0) is 60.4 Å². The lowest BCUT2D eigenvalue weighted by Gasteiger charge is -2.39. The fraction of sp³-hybridized carbons (Fsp3) is 0.367. The second-order valence-electron chi connectivity index (χ2n) is 11.5. The first-order valence-corrected chi connectivity index (χ1v) is 13.2. The molecule has 2 atom stereocenters. The third-order valence-electron chi connectivity index (χ3n) is 7.73. The number of halogens is 2. The Morgan fingerprint density at radius 2 is 1.92 bits per heavy atom. The second kappa shape index (κ2) is 9.63. The van der Waals surface area contributed by atoms with Crippen molar-refractivity contribution in [1.82, 2.24) is 20.5 Å². The van der Waals surface area contributed by atoms with Gasteiger partial charge in [-0.1, -0.05) is 32.1 Å². The number of rotatable bonds is 6. The molecule has 39 heavy (non-hydrogen) atoms. The van der Waals surface area contributed by atoms with Crippen molar-refractivity contribution in [2.24, 2.45) is 22.2 Å². The number of fused-ring (bicyclic) bond motifs is 2. The monoisotopic (exact) mass is 529 g/mol. The number of ketones is 1. The highest BCUT2D eigenvalue weighted by atomic mass is 19.2. The van der Waals surface area contributed by atoms with Crippen molar-refractivity contribution in [3.8, 4) is 11.1 Å². The normalized spacial score (nSPS) is 21.8. The van der Waals surface area contributed by atoms with E-state index in [1.54, 1.807) is 18.3 Å². The molecule has 2 aromatic heterocycles. The standard InChI is InChI=1S/C30H29F2N5O2/c1-30(2)12-23-25(24(38)13-30)20(26-27(36-37-28(26)35-23)29(39)34-14-16-3-4-16)9-8-19-7-5-18(15-33-19)17-6-10-21(31)22(32)11-17/h5-11,15-16,20,25H,3-4,12-14H2,1-2H3,(H,34,39)(H,36,37)/b9-8+. The maximum absolute atomic E-state index is 13.7. The van der Waals surface area contributed by atoms with Crippen LogP contribution in [0.5, 0.6) is 0 Å². The SMILES string of the molecule is CC1(C)CC(=O)C2C(=Nc3n[nH]c(C(=O)NCC4CC4)c3C2/C=C/c2ccc(-c3ccc(F)c(F)c3)cn2)C1. The molecule has 0 radical (unpaired) electrons. The van der Waals surface area contributed by atoms with Crippen LogP contribution < -0.4 is 5.32 Å². The number of carbonyl (C=O) groups is 2. The molecule has 2 N–H and O–H groups in total. The van der Waals surface area contributed by atoms with Gasteiger partial charge in [0.2, 0.25) is 0 Å². The molecule has 0 saturated heterocycles. The quantitative estimate of drug-likeness (QED) is 0.423. The topological polar surface area (TPSA) is 100 Å². The van der Waals surface area contributed by atoms with Crippen LogP contribution in [0.1, 0.15) is 67.2 Å². The molecule has 9 heteroatoms. The van der Waals surface area contributed by atoms with Crippen LogP contribution in [0.4, 0.5) is 14.6 Å². The Morgan fingerprint density at radius 1 is 1.13 bits per heavy atom. The van der Waals surface area contributed by atoms with Gasteiger partial charge in [0.15, 0.2) is 17.5 Å². The van der Waals surface area contributed by atoms with Gasteiger partial charge in [-0.2, -0.15) is 5.10 Å². The van der Waals surface area contributed by atoms with Crippen LogP contribution in [0.25, 0.3) is 17.2 Å². The Balaban J connectivity index is 1.33. The van der Waals surface area contributed by atoms with Gasteiger partial charge < -0.3 is 5.32 Å². The molecule has 3 heterocycles. The molecular formula is C30H29F2N5O2. The minimum Gasteiger partial charge on any atom is -0.350 e. The number of aromatic nitrogens is 3. The van der Waals surface area contributed by atoms with Gasteiger partial charge in [0.1, 0.15) is 11.5 Å². The van der Waals surface area contributed by atoms with Crippen LogP contribution in [0.15, 0.2) is 47.6 Å². The van der Waals surface area contributed by atoms with Gasteiger partial charge in [0, 0.05) is 41.9 Å². The summed E-state index contributed by atoms with van der Waals surface area (Å²) in [5.41, 5.74) is 3.34. The number of Topliss-reactive ketones (excluding diaryl/α,β-unsaturated/α-hetero) is 1. The number of allylic oxidation sites excluding steroid dienone is 1. The van der Waals surface area contributed by atoms with E-state index in [0.717, 1.165) is 30.7 Å². The Hall–Kier alpha value is -4.01. The molecule has 2 fully saturated rings. The average Bonchev–Trinajstić information content (AvgIpc) is 3.63. The molecular weight excluding hydrogens is 500 g/mol. The molecule has 1 aromatic carbocycles. The summed E-state index contributed by atoms with van der Waals surface area (Å²) < 4.78 is 27.0. The number of nitrogens with zero attached hydrogens (tertiary/aromatic N) is 3. The van der Waals surface area contributed by atoms with Crippen LogP contribution in [0.2, 0.25) is 0 Å². The highest BCUT2D eigenvalue weighted by Crippen LogP contribution is 2.47. The molecule has 0 bridgehead atoms. The van der Waals surface area contributed by atoms with Crippen molar-refractivity contribution in [2.75, 3.05) is 6.54 Å². The average molecular weight is 530 g/mol. The van der Waals surface area contributed by atoms with Gasteiger partial charge in [-0.25, -0.2) is 13.8 Å². The summed E-state index contributed by atoms with van der Waals surface area (Å²) in [5, 5.41) is 10.2. The summed E-state index contributed by atoms with van der Waals surface area (Å²) in [4.78, 5) is 35.8. The lowest BCUT2D eigenvalue weighted by molar-refractivity contribution is -0.124. The maximum atomic E-state index is 13.7. The summed E-state index contributed by atoms with van der Waals surface area (Å²) >= 11 is 0. The van der Waals surface area contributed by atoms with Gasteiger partial charge in [-0.15, -0.1) is 0 Å². The number of H-pyrrole nitrogens is 1. The van der Waals surface area contributed by atoms with E-state index in [4.69, 9.17) is 4.99 Å². The number of hydrogen-bond donors (Lipinski definition) is 2. The van der Waals surface area contributed by atoms with E-state index in [0.29, 0.717) is 59.2 Å². The first-order chi connectivity index (χ1) is 18.7. The lowest BCUT2D eigenvalue weighted by Crippen LogP contribution is -2.42. The van der Waals surface area contributed by atoms with Crippen LogP contribution in [0, 0.1) is 28.9 Å². The zero-order chi connectivity index (χ0) is 27.3. The Kier molecular flexibility index (Phi) is 6.24. The number of hydrogen-bond acceptors (Lipinski definition) is 5. The minimum absolute atomic E-state index is 0.0949. The summed E-state index contributed by atoms with van der Waals surface area (Å²) in [6.45, 7) is 4.74. The predicted octanol–water partition coefficient (Wildman–Crippen LogP) is 5.78. The van der Waals surface area contributed by atoms with Crippen LogP contribution in [-0.2, 0) is 4.79 Å². The van der Waals surface area contributed by atoms with Crippen molar-refractivity contribution in [2.45, 2.75) is 45.4 Å². The summed E-state index contributed by atoms with van der Waals surface area (Å²) in [5.74, 6) is -1.90. The van der Waals surface area contributed by atoms with Crippen LogP contribution in [0.3, 0.4) is 0 Å². The molecule has 3 aromatic rings. The number of carbonyl (C=O) groups excluding carboxylic acids is 2. The second-order valence-corrected chi connectivity index (χ2v) is 11.5. The van der Waals surface area contributed by atoms with Crippen molar-refractivity contribution in [3.63, 3.8) is 0 Å². The number of nitrogens with one attached hydrogen (secondary N) is 2. The Labute approximate surface area is 224 Å². The summed E-state index contributed by atoms with van der Waals surface area (Å²) in [7, 11) is 0. The summed E-state index contributed by atoms with van der Waals surface area (Å²) in [6.07, 6.45) is 8.65. The maximum Gasteiger partial charge on any atom is 0.269 e. The third-order valence-corrected chi connectivity index (χ3v) is 7.73. The van der Waals surface area contributed by atoms with Crippen molar-refractivity contribution >= 4 is 29.3 Å². The van der Waals surface area contributed by atoms with E-state index in [1.165, 1.54) is 6.07 Å². The molecule has 0 spiro atoms. The predicted molar refractivity (Wildman–Crippen MR) is 144 cm³/mol. The number of pyridine rings is 1. The van der Waals surface area contributed by atoms with Crippen LogP contribution in [-0.4, -0.2) is 39.1 Å². The van der Waals surface area contributed by atoms with E-state index >= 15 is 0 Å². The van der Waals surface area contributed by atoms with Crippen molar-refractivity contribution in [3.05, 3.63) is 71.2 Å². The fourth-order valence-corrected chi connectivity index (χ4v) is 5.57. The Bertz CT molecular complexity index is 1520. The van der Waals surface area contributed by atoms with E-state index in [9.17, 15) is 18.4 Å². The number of aliphatic imine (C=N–C) groups is 1. The molecule has 3 aliphatic rings. The van der Waals surface area contributed by atoms with Crippen molar-refractivity contribution in [1.29, 1.82) is 0 Å². The number of aromatic amines is 1. The first-order valence-electron chi connectivity index (χ1n) is 13.2. The fourth-order valence-electron chi connectivity index (χ4n) is 5.57. The highest BCUT2D eigenvalue weighted by Gasteiger charge is 2.46. The molecule has 7 nitrogen and oxygen atoms in total. The van der Waals surface area contributed by atoms with Gasteiger partial charge >= 0.3 is 0 Å². The summed E-state index contributed by atoms with van der Waals surface area (Å²) in [6, 6.07) is 7.28. The van der Waals surface area contributed by atoms with E-state index < -0.39 is 23.5 Å².